The Labute approximate surface area is 98.3 Å². The van der Waals surface area contributed by atoms with Gasteiger partial charge in [0.05, 0.1) is 0 Å². The Morgan fingerprint density at radius 1 is 1.25 bits per heavy atom. The number of rotatable bonds is 3. The third-order valence-electron chi connectivity index (χ3n) is 3.47. The third kappa shape index (κ3) is 2.77. The second-order valence-corrected chi connectivity index (χ2v) is 4.69. The predicted molar refractivity (Wildman–Crippen MR) is 67.7 cm³/mol. The zero-order chi connectivity index (χ0) is 11.2. The van der Waals surface area contributed by atoms with E-state index >= 15 is 0 Å². The Kier molecular flexibility index (Phi) is 4.25. The molecule has 1 aromatic rings. The minimum Gasteiger partial charge on any atom is -0.356 e. The molecule has 0 atom stereocenters. The predicted octanol–water partition coefficient (Wildman–Crippen LogP) is 3.60. The Morgan fingerprint density at radius 3 is 2.62 bits per heavy atom. The van der Waals surface area contributed by atoms with Gasteiger partial charge >= 0.3 is 0 Å². The highest BCUT2D eigenvalue weighted by Crippen LogP contribution is 2.28. The molecule has 90 valence electrons. The molecule has 0 saturated heterocycles. The van der Waals surface area contributed by atoms with Gasteiger partial charge in [-0.05, 0) is 19.8 Å². The molecule has 0 aliphatic heterocycles. The molecule has 1 aliphatic rings. The van der Waals surface area contributed by atoms with E-state index in [-0.39, 0.29) is 0 Å². The van der Waals surface area contributed by atoms with Gasteiger partial charge in [-0.15, -0.1) is 0 Å². The number of aromatic nitrogens is 2. The molecular formula is C13H23N3. The summed E-state index contributed by atoms with van der Waals surface area (Å²) < 4.78 is 2.34. The summed E-state index contributed by atoms with van der Waals surface area (Å²) in [5.74, 6) is 1.05. The average molecular weight is 221 g/mol. The molecule has 1 aliphatic carbocycles. The second-order valence-electron chi connectivity index (χ2n) is 4.69. The number of anilines is 1. The van der Waals surface area contributed by atoms with Crippen LogP contribution in [-0.2, 0) is 0 Å². The summed E-state index contributed by atoms with van der Waals surface area (Å²) in [7, 11) is 0. The van der Waals surface area contributed by atoms with Crippen molar-refractivity contribution in [3.8, 4) is 0 Å². The summed E-state index contributed by atoms with van der Waals surface area (Å²) in [5, 5.41) is 3.34. The van der Waals surface area contributed by atoms with Crippen LogP contribution in [-0.4, -0.2) is 16.1 Å². The normalized spacial score (nSPS) is 19.1. The van der Waals surface area contributed by atoms with Gasteiger partial charge in [0.15, 0.2) is 0 Å². The first-order chi connectivity index (χ1) is 7.92. The summed E-state index contributed by atoms with van der Waals surface area (Å²) in [6.07, 6.45) is 13.6. The van der Waals surface area contributed by atoms with Gasteiger partial charge in [0.2, 0.25) is 5.95 Å². The van der Waals surface area contributed by atoms with Crippen molar-refractivity contribution in [2.45, 2.75) is 57.9 Å². The van der Waals surface area contributed by atoms with Crippen LogP contribution >= 0.6 is 0 Å². The van der Waals surface area contributed by atoms with Crippen LogP contribution in [0.3, 0.4) is 0 Å². The van der Waals surface area contributed by atoms with Crippen LogP contribution in [0.25, 0.3) is 0 Å². The van der Waals surface area contributed by atoms with Gasteiger partial charge in [0.1, 0.15) is 0 Å². The topological polar surface area (TPSA) is 29.9 Å². The fraction of sp³-hybridized carbons (Fsp3) is 0.769. The van der Waals surface area contributed by atoms with Gasteiger partial charge in [0, 0.05) is 25.0 Å². The van der Waals surface area contributed by atoms with Crippen molar-refractivity contribution in [3.05, 3.63) is 12.4 Å². The highest BCUT2D eigenvalue weighted by Gasteiger charge is 2.15. The molecule has 0 amide bonds. The number of nitrogens with one attached hydrogen (secondary N) is 1. The molecule has 0 radical (unpaired) electrons. The van der Waals surface area contributed by atoms with Crippen LogP contribution < -0.4 is 5.32 Å². The van der Waals surface area contributed by atoms with Gasteiger partial charge in [-0.25, -0.2) is 4.98 Å². The fourth-order valence-corrected chi connectivity index (χ4v) is 2.62. The first kappa shape index (κ1) is 11.5. The van der Waals surface area contributed by atoms with Crippen LogP contribution in [0.15, 0.2) is 12.4 Å². The van der Waals surface area contributed by atoms with Crippen molar-refractivity contribution in [1.82, 2.24) is 9.55 Å². The lowest BCUT2D eigenvalue weighted by Gasteiger charge is -2.23. The number of imidazole rings is 1. The lowest BCUT2D eigenvalue weighted by atomic mass is 9.96. The molecule has 1 N–H and O–H groups in total. The van der Waals surface area contributed by atoms with E-state index in [0.29, 0.717) is 6.04 Å². The number of hydrogen-bond donors (Lipinski definition) is 1. The van der Waals surface area contributed by atoms with Crippen molar-refractivity contribution in [1.29, 1.82) is 0 Å². The Morgan fingerprint density at radius 2 is 1.94 bits per heavy atom. The Hall–Kier alpha value is -0.990. The first-order valence-corrected chi connectivity index (χ1v) is 6.68. The van der Waals surface area contributed by atoms with Gasteiger partial charge in [-0.1, -0.05) is 32.1 Å². The maximum absolute atomic E-state index is 4.39. The van der Waals surface area contributed by atoms with E-state index in [1.807, 2.05) is 6.20 Å². The van der Waals surface area contributed by atoms with Gasteiger partial charge in [-0.2, -0.15) is 0 Å². The molecule has 0 aromatic carbocycles. The molecule has 1 fully saturated rings. The minimum atomic E-state index is 0.664. The minimum absolute atomic E-state index is 0.664. The summed E-state index contributed by atoms with van der Waals surface area (Å²) in [6.45, 7) is 3.07. The number of nitrogens with zero attached hydrogens (tertiary/aromatic N) is 2. The zero-order valence-corrected chi connectivity index (χ0v) is 10.3. The third-order valence-corrected chi connectivity index (χ3v) is 3.47. The summed E-state index contributed by atoms with van der Waals surface area (Å²) in [5.41, 5.74) is 0. The number of hydrogen-bond acceptors (Lipinski definition) is 2. The Bertz CT molecular complexity index is 298. The second kappa shape index (κ2) is 5.92. The molecule has 0 bridgehead atoms. The quantitative estimate of drug-likeness (QED) is 0.845. The molecule has 3 heteroatoms. The van der Waals surface area contributed by atoms with Crippen LogP contribution in [0, 0.1) is 0 Å². The highest BCUT2D eigenvalue weighted by atomic mass is 15.2. The van der Waals surface area contributed by atoms with Crippen LogP contribution in [0.5, 0.6) is 0 Å². The van der Waals surface area contributed by atoms with Crippen LogP contribution in [0.2, 0.25) is 0 Å². The van der Waals surface area contributed by atoms with Crippen molar-refractivity contribution in [2.75, 3.05) is 11.9 Å². The maximum Gasteiger partial charge on any atom is 0.203 e. The maximum atomic E-state index is 4.39. The molecular weight excluding hydrogens is 198 g/mol. The zero-order valence-electron chi connectivity index (χ0n) is 10.3. The lowest BCUT2D eigenvalue weighted by Crippen LogP contribution is -2.14. The smallest absolute Gasteiger partial charge is 0.203 e. The average Bonchev–Trinajstić information content (AvgIpc) is 2.66. The van der Waals surface area contributed by atoms with E-state index in [9.17, 15) is 0 Å². The molecule has 1 saturated carbocycles. The molecule has 16 heavy (non-hydrogen) atoms. The highest BCUT2D eigenvalue weighted by molar-refractivity contribution is 5.26. The molecule has 3 nitrogen and oxygen atoms in total. The molecule has 0 unspecified atom stereocenters. The summed E-state index contributed by atoms with van der Waals surface area (Å²) in [4.78, 5) is 4.39. The monoisotopic (exact) mass is 221 g/mol. The SMILES string of the molecule is CCNc1nccn1C1CCCCCCC1. The standard InChI is InChI=1S/C13H23N3/c1-2-14-13-15-10-11-16(13)12-8-6-4-3-5-7-9-12/h10-12H,2-9H2,1H3,(H,14,15). The fourth-order valence-electron chi connectivity index (χ4n) is 2.62. The molecule has 1 heterocycles. The lowest BCUT2D eigenvalue weighted by molar-refractivity contribution is 0.374. The van der Waals surface area contributed by atoms with Crippen molar-refractivity contribution in [2.24, 2.45) is 0 Å². The summed E-state index contributed by atoms with van der Waals surface area (Å²) >= 11 is 0. The van der Waals surface area contributed by atoms with Gasteiger partial charge in [-0.3, -0.25) is 0 Å². The summed E-state index contributed by atoms with van der Waals surface area (Å²) in [6, 6.07) is 0.664. The first-order valence-electron chi connectivity index (χ1n) is 6.68. The van der Waals surface area contributed by atoms with E-state index in [1.54, 1.807) is 0 Å². The van der Waals surface area contributed by atoms with Gasteiger partial charge in [0.25, 0.3) is 0 Å². The van der Waals surface area contributed by atoms with Gasteiger partial charge < -0.3 is 9.88 Å². The molecule has 0 spiro atoms. The Balaban J connectivity index is 2.04. The van der Waals surface area contributed by atoms with Crippen molar-refractivity contribution < 1.29 is 0 Å². The van der Waals surface area contributed by atoms with E-state index in [2.05, 4.69) is 28.0 Å². The van der Waals surface area contributed by atoms with E-state index in [0.717, 1.165) is 12.5 Å². The van der Waals surface area contributed by atoms with E-state index < -0.39 is 0 Å². The molecule has 2 rings (SSSR count). The van der Waals surface area contributed by atoms with Crippen LogP contribution in [0.1, 0.15) is 57.9 Å². The molecule has 1 aromatic heterocycles. The van der Waals surface area contributed by atoms with E-state index in [1.165, 1.54) is 44.9 Å². The van der Waals surface area contributed by atoms with Crippen molar-refractivity contribution >= 4 is 5.95 Å². The van der Waals surface area contributed by atoms with Crippen LogP contribution in [0.4, 0.5) is 5.95 Å². The largest absolute Gasteiger partial charge is 0.356 e. The van der Waals surface area contributed by atoms with Crippen molar-refractivity contribution in [3.63, 3.8) is 0 Å². The van der Waals surface area contributed by atoms with E-state index in [4.69, 9.17) is 0 Å².